The van der Waals surface area contributed by atoms with Crippen LogP contribution in [0, 0.1) is 18.7 Å². The maximum absolute atomic E-state index is 13.2. The highest BCUT2D eigenvalue weighted by atomic mass is 35.5. The van der Waals surface area contributed by atoms with E-state index in [0.29, 0.717) is 10.8 Å². The smallest absolute Gasteiger partial charge is 0.231 e. The van der Waals surface area contributed by atoms with Gasteiger partial charge in [0.05, 0.1) is 10.9 Å². The Labute approximate surface area is 141 Å². The fourth-order valence-electron chi connectivity index (χ4n) is 2.41. The van der Waals surface area contributed by atoms with Gasteiger partial charge in [0.15, 0.2) is 5.13 Å². The third-order valence-corrected chi connectivity index (χ3v) is 4.68. The number of carbonyl (C=O) groups is 2. The van der Waals surface area contributed by atoms with Crippen LogP contribution < -0.4 is 10.2 Å². The van der Waals surface area contributed by atoms with Crippen molar-refractivity contribution in [2.75, 3.05) is 16.8 Å². The molecule has 1 fully saturated rings. The van der Waals surface area contributed by atoms with Crippen LogP contribution in [0.4, 0.5) is 15.2 Å². The third-order valence-electron chi connectivity index (χ3n) is 3.56. The number of aromatic nitrogens is 1. The molecule has 0 saturated carbocycles. The molecule has 0 bridgehead atoms. The normalized spacial score (nSPS) is 17.6. The molecule has 120 valence electrons. The highest BCUT2D eigenvalue weighted by Crippen LogP contribution is 2.29. The minimum atomic E-state index is -0.546. The van der Waals surface area contributed by atoms with Crippen molar-refractivity contribution in [2.24, 2.45) is 5.92 Å². The topological polar surface area (TPSA) is 62.3 Å². The predicted octanol–water partition coefficient (Wildman–Crippen LogP) is 3.24. The maximum Gasteiger partial charge on any atom is 0.231 e. The average molecular weight is 354 g/mol. The molecule has 23 heavy (non-hydrogen) atoms. The zero-order valence-electron chi connectivity index (χ0n) is 12.2. The molecule has 5 nitrogen and oxygen atoms in total. The predicted molar refractivity (Wildman–Crippen MR) is 87.4 cm³/mol. The Bertz CT molecular complexity index is 780. The van der Waals surface area contributed by atoms with Crippen LogP contribution in [-0.2, 0) is 9.59 Å². The molecule has 1 N–H and O–H groups in total. The molecule has 1 aliphatic heterocycles. The second-order valence-corrected chi connectivity index (χ2v) is 6.91. The van der Waals surface area contributed by atoms with E-state index in [9.17, 15) is 14.0 Å². The monoisotopic (exact) mass is 353 g/mol. The SMILES string of the molecule is Cc1cnc(NC(=O)C2CC(=O)N(c3ccc(F)c(Cl)c3)C2)s1. The van der Waals surface area contributed by atoms with Gasteiger partial charge in [-0.3, -0.25) is 9.59 Å². The van der Waals surface area contributed by atoms with E-state index in [1.165, 1.54) is 34.4 Å². The van der Waals surface area contributed by atoms with Crippen molar-refractivity contribution >= 4 is 45.6 Å². The van der Waals surface area contributed by atoms with Crippen LogP contribution in [-0.4, -0.2) is 23.3 Å². The van der Waals surface area contributed by atoms with Crippen molar-refractivity contribution in [1.82, 2.24) is 4.98 Å². The van der Waals surface area contributed by atoms with Crippen molar-refractivity contribution in [3.05, 3.63) is 40.1 Å². The Hall–Kier alpha value is -1.99. The number of hydrogen-bond acceptors (Lipinski definition) is 4. The van der Waals surface area contributed by atoms with E-state index in [1.54, 1.807) is 6.20 Å². The lowest BCUT2D eigenvalue weighted by molar-refractivity contribution is -0.122. The van der Waals surface area contributed by atoms with Gasteiger partial charge in [0.25, 0.3) is 0 Å². The lowest BCUT2D eigenvalue weighted by atomic mass is 10.1. The number of anilines is 2. The quantitative estimate of drug-likeness (QED) is 0.921. The Morgan fingerprint density at radius 2 is 2.30 bits per heavy atom. The molecule has 2 aromatic rings. The summed E-state index contributed by atoms with van der Waals surface area (Å²) >= 11 is 7.13. The molecule has 2 heterocycles. The molecule has 1 aromatic carbocycles. The van der Waals surface area contributed by atoms with Gasteiger partial charge in [-0.25, -0.2) is 9.37 Å². The summed E-state index contributed by atoms with van der Waals surface area (Å²) < 4.78 is 13.2. The number of halogens is 2. The number of nitrogens with one attached hydrogen (secondary N) is 1. The third kappa shape index (κ3) is 3.35. The average Bonchev–Trinajstić information content (AvgIpc) is 3.08. The Kier molecular flexibility index (Phi) is 4.32. The van der Waals surface area contributed by atoms with Crippen molar-refractivity contribution in [3.8, 4) is 0 Å². The zero-order chi connectivity index (χ0) is 16.6. The fourth-order valence-corrected chi connectivity index (χ4v) is 3.25. The molecular formula is C15H13ClFN3O2S. The minimum absolute atomic E-state index is 0.0542. The summed E-state index contributed by atoms with van der Waals surface area (Å²) in [5.74, 6) is -1.46. The van der Waals surface area contributed by atoms with Gasteiger partial charge in [-0.1, -0.05) is 11.6 Å². The number of aryl methyl sites for hydroxylation is 1. The first kappa shape index (κ1) is 15.9. The van der Waals surface area contributed by atoms with Crippen LogP contribution in [0.15, 0.2) is 24.4 Å². The number of rotatable bonds is 3. The number of benzene rings is 1. The summed E-state index contributed by atoms with van der Waals surface area (Å²) in [6.07, 6.45) is 1.78. The number of carbonyl (C=O) groups excluding carboxylic acids is 2. The van der Waals surface area contributed by atoms with Crippen LogP contribution in [0.5, 0.6) is 0 Å². The van der Waals surface area contributed by atoms with Gasteiger partial charge in [-0.05, 0) is 25.1 Å². The number of nitrogens with zero attached hydrogens (tertiary/aromatic N) is 2. The van der Waals surface area contributed by atoms with E-state index in [4.69, 9.17) is 11.6 Å². The summed E-state index contributed by atoms with van der Waals surface area (Å²) in [7, 11) is 0. The zero-order valence-corrected chi connectivity index (χ0v) is 13.7. The number of hydrogen-bond donors (Lipinski definition) is 1. The highest BCUT2D eigenvalue weighted by molar-refractivity contribution is 7.15. The van der Waals surface area contributed by atoms with E-state index in [-0.39, 0.29) is 29.8 Å². The molecule has 0 aliphatic carbocycles. The molecule has 0 radical (unpaired) electrons. The van der Waals surface area contributed by atoms with Gasteiger partial charge in [0.1, 0.15) is 5.82 Å². The van der Waals surface area contributed by atoms with E-state index in [1.807, 2.05) is 6.92 Å². The summed E-state index contributed by atoms with van der Waals surface area (Å²) in [6, 6.07) is 4.07. The van der Waals surface area contributed by atoms with Gasteiger partial charge in [-0.2, -0.15) is 0 Å². The van der Waals surface area contributed by atoms with Crippen molar-refractivity contribution < 1.29 is 14.0 Å². The molecule has 1 atom stereocenters. The van der Waals surface area contributed by atoms with Gasteiger partial charge in [0, 0.05) is 29.7 Å². The molecule has 3 rings (SSSR count). The largest absolute Gasteiger partial charge is 0.312 e. The van der Waals surface area contributed by atoms with Gasteiger partial charge in [-0.15, -0.1) is 11.3 Å². The highest BCUT2D eigenvalue weighted by Gasteiger charge is 2.35. The summed E-state index contributed by atoms with van der Waals surface area (Å²) in [5, 5.41) is 3.18. The van der Waals surface area contributed by atoms with E-state index in [2.05, 4.69) is 10.3 Å². The molecule has 2 amide bonds. The maximum atomic E-state index is 13.2. The Balaban J connectivity index is 1.71. The molecule has 8 heteroatoms. The first-order valence-corrected chi connectivity index (χ1v) is 8.12. The van der Waals surface area contributed by atoms with Crippen molar-refractivity contribution in [2.45, 2.75) is 13.3 Å². The van der Waals surface area contributed by atoms with Crippen molar-refractivity contribution in [1.29, 1.82) is 0 Å². The summed E-state index contributed by atoms with van der Waals surface area (Å²) in [5.41, 5.74) is 0.488. The summed E-state index contributed by atoms with van der Waals surface area (Å²) in [6.45, 7) is 2.13. The fraction of sp³-hybridized carbons (Fsp3) is 0.267. The van der Waals surface area contributed by atoms with Gasteiger partial charge in [0.2, 0.25) is 11.8 Å². The van der Waals surface area contributed by atoms with Crippen LogP contribution in [0.3, 0.4) is 0 Å². The van der Waals surface area contributed by atoms with Crippen LogP contribution in [0.25, 0.3) is 0 Å². The van der Waals surface area contributed by atoms with E-state index < -0.39 is 11.7 Å². The van der Waals surface area contributed by atoms with Crippen LogP contribution >= 0.6 is 22.9 Å². The number of thiazole rings is 1. The molecule has 1 aromatic heterocycles. The minimum Gasteiger partial charge on any atom is -0.312 e. The van der Waals surface area contributed by atoms with Crippen LogP contribution in [0.1, 0.15) is 11.3 Å². The second kappa shape index (κ2) is 6.25. The molecular weight excluding hydrogens is 341 g/mol. The molecule has 1 aliphatic rings. The lowest BCUT2D eigenvalue weighted by Gasteiger charge is -2.17. The Morgan fingerprint density at radius 1 is 1.52 bits per heavy atom. The van der Waals surface area contributed by atoms with Gasteiger partial charge >= 0.3 is 0 Å². The van der Waals surface area contributed by atoms with Crippen LogP contribution in [0.2, 0.25) is 5.02 Å². The van der Waals surface area contributed by atoms with E-state index >= 15 is 0 Å². The van der Waals surface area contributed by atoms with Gasteiger partial charge < -0.3 is 10.2 Å². The molecule has 1 saturated heterocycles. The second-order valence-electron chi connectivity index (χ2n) is 5.27. The first-order valence-electron chi connectivity index (χ1n) is 6.93. The van der Waals surface area contributed by atoms with Crippen molar-refractivity contribution in [3.63, 3.8) is 0 Å². The first-order chi connectivity index (χ1) is 10.9. The molecule has 0 spiro atoms. The lowest BCUT2D eigenvalue weighted by Crippen LogP contribution is -2.28. The summed E-state index contributed by atoms with van der Waals surface area (Å²) in [4.78, 5) is 30.9. The van der Waals surface area contributed by atoms with E-state index in [0.717, 1.165) is 4.88 Å². The molecule has 1 unspecified atom stereocenters. The Morgan fingerprint density at radius 3 is 2.96 bits per heavy atom. The number of amides is 2. The standard InChI is InChI=1S/C15H13ClFN3O2S/c1-8-6-18-15(23-8)19-14(22)9-4-13(21)20(7-9)10-2-3-12(17)11(16)5-10/h2-3,5-6,9H,4,7H2,1H3,(H,18,19,22).